The molecule has 0 spiro atoms. The molecule has 0 radical (unpaired) electrons. The summed E-state index contributed by atoms with van der Waals surface area (Å²) in [5.74, 6) is 0.0122. The van der Waals surface area contributed by atoms with Crippen LogP contribution in [-0.4, -0.2) is 11.9 Å². The topological polar surface area (TPSA) is 45.7 Å². The first-order chi connectivity index (χ1) is 10.6. The molecule has 0 bridgehead atoms. The van der Waals surface area contributed by atoms with E-state index in [9.17, 15) is 4.79 Å². The van der Waals surface area contributed by atoms with Gasteiger partial charge in [0.25, 0.3) is 5.91 Å². The zero-order chi connectivity index (χ0) is 15.9. The predicted molar refractivity (Wildman–Crippen MR) is 91.0 cm³/mol. The Morgan fingerprint density at radius 2 is 1.68 bits per heavy atom. The monoisotopic (exact) mass is 317 g/mol. The van der Waals surface area contributed by atoms with Gasteiger partial charge < -0.3 is 10.6 Å². The van der Waals surface area contributed by atoms with E-state index < -0.39 is 0 Å². The number of carbonyl (C=O) groups is 1. The summed E-state index contributed by atoms with van der Waals surface area (Å²) in [6.45, 7) is 4.77. The van der Waals surface area contributed by atoms with Crippen molar-refractivity contribution in [3.8, 4) is 0 Å². The molecule has 22 heavy (non-hydrogen) atoms. The maximum Gasteiger partial charge on any atom is 0.282 e. The minimum atomic E-state index is -0.151. The molecular formula is C18H22ClN2O+. The van der Waals surface area contributed by atoms with E-state index in [-0.39, 0.29) is 11.9 Å². The van der Waals surface area contributed by atoms with E-state index in [1.807, 2.05) is 60.8 Å². The van der Waals surface area contributed by atoms with Gasteiger partial charge in [0, 0.05) is 16.3 Å². The number of halogens is 1. The summed E-state index contributed by atoms with van der Waals surface area (Å²) in [6.07, 6.45) is 1.000. The third-order valence-electron chi connectivity index (χ3n) is 3.66. The second-order valence-electron chi connectivity index (χ2n) is 5.39. The Morgan fingerprint density at radius 1 is 1.09 bits per heavy atom. The van der Waals surface area contributed by atoms with Crippen molar-refractivity contribution in [2.24, 2.45) is 0 Å². The number of benzene rings is 2. The number of quaternary nitrogens is 1. The summed E-state index contributed by atoms with van der Waals surface area (Å²) in [4.78, 5) is 12.2. The number of carbonyl (C=O) groups excluding carboxylic acids is 1. The highest BCUT2D eigenvalue weighted by atomic mass is 35.5. The molecule has 0 aliphatic heterocycles. The van der Waals surface area contributed by atoms with Gasteiger partial charge in [-0.05, 0) is 43.2 Å². The van der Waals surface area contributed by atoms with Crippen LogP contribution in [0, 0.1) is 0 Å². The van der Waals surface area contributed by atoms with E-state index in [1.165, 1.54) is 5.56 Å². The summed E-state index contributed by atoms with van der Waals surface area (Å²) in [5, 5.41) is 5.69. The van der Waals surface area contributed by atoms with E-state index in [2.05, 4.69) is 12.2 Å². The van der Waals surface area contributed by atoms with E-state index in [0.717, 1.165) is 29.2 Å². The predicted octanol–water partition coefficient (Wildman–Crippen LogP) is 2.99. The molecule has 116 valence electrons. The minimum absolute atomic E-state index is 0.0122. The van der Waals surface area contributed by atoms with Crippen LogP contribution in [0.5, 0.6) is 0 Å². The van der Waals surface area contributed by atoms with Gasteiger partial charge in [-0.25, -0.2) is 0 Å². The van der Waals surface area contributed by atoms with Gasteiger partial charge in [0.1, 0.15) is 6.54 Å². The first-order valence-corrected chi connectivity index (χ1v) is 7.94. The number of aryl methyl sites for hydroxylation is 1. The average molecular weight is 318 g/mol. The van der Waals surface area contributed by atoms with Crippen molar-refractivity contribution in [2.45, 2.75) is 32.9 Å². The molecule has 1 amide bonds. The molecule has 0 unspecified atom stereocenters. The summed E-state index contributed by atoms with van der Waals surface area (Å²) >= 11 is 5.86. The minimum Gasteiger partial charge on any atom is -0.333 e. The van der Waals surface area contributed by atoms with Gasteiger partial charge in [-0.2, -0.15) is 0 Å². The molecule has 3 N–H and O–H groups in total. The number of anilines is 1. The number of hydrogen-bond acceptors (Lipinski definition) is 1. The van der Waals surface area contributed by atoms with Crippen LogP contribution >= 0.6 is 11.6 Å². The second-order valence-corrected chi connectivity index (χ2v) is 5.83. The van der Waals surface area contributed by atoms with Gasteiger partial charge in [0.2, 0.25) is 0 Å². The first kappa shape index (κ1) is 16.5. The molecule has 0 fully saturated rings. The molecule has 0 saturated heterocycles. The Hall–Kier alpha value is -1.84. The van der Waals surface area contributed by atoms with Crippen molar-refractivity contribution in [1.82, 2.24) is 0 Å². The lowest BCUT2D eigenvalue weighted by Gasteiger charge is -2.12. The molecule has 2 aromatic carbocycles. The highest BCUT2D eigenvalue weighted by molar-refractivity contribution is 6.30. The molecule has 0 aliphatic carbocycles. The van der Waals surface area contributed by atoms with Gasteiger partial charge in [-0.15, -0.1) is 0 Å². The Kier molecular flexibility index (Phi) is 5.99. The Balaban J connectivity index is 1.84. The first-order valence-electron chi connectivity index (χ1n) is 7.56. The third kappa shape index (κ3) is 4.86. The third-order valence-corrected chi connectivity index (χ3v) is 3.92. The molecule has 0 saturated carbocycles. The fourth-order valence-corrected chi connectivity index (χ4v) is 2.25. The van der Waals surface area contributed by atoms with Crippen LogP contribution in [-0.2, 0) is 17.8 Å². The Bertz CT molecular complexity index is 608. The van der Waals surface area contributed by atoms with Crippen molar-refractivity contribution in [3.05, 3.63) is 64.7 Å². The van der Waals surface area contributed by atoms with Crippen molar-refractivity contribution in [2.75, 3.05) is 5.32 Å². The van der Waals surface area contributed by atoms with E-state index >= 15 is 0 Å². The molecule has 2 rings (SSSR count). The standard InChI is InChI=1S/C18H21ClN2O/c1-3-14-6-10-17(11-7-14)21-18(22)13(2)20-12-15-4-8-16(19)9-5-15/h4-11,13,20H,3,12H2,1-2H3,(H,21,22)/p+1/t13-/m0/s1. The maximum absolute atomic E-state index is 12.2. The van der Waals surface area contributed by atoms with Crippen LogP contribution in [0.4, 0.5) is 5.69 Å². The van der Waals surface area contributed by atoms with E-state index in [4.69, 9.17) is 11.6 Å². The maximum atomic E-state index is 12.2. The number of nitrogens with one attached hydrogen (secondary N) is 1. The van der Waals surface area contributed by atoms with Crippen LogP contribution in [0.2, 0.25) is 5.02 Å². The van der Waals surface area contributed by atoms with Crippen LogP contribution in [0.15, 0.2) is 48.5 Å². The van der Waals surface area contributed by atoms with Gasteiger partial charge in [0.15, 0.2) is 6.04 Å². The zero-order valence-electron chi connectivity index (χ0n) is 13.0. The molecule has 3 nitrogen and oxygen atoms in total. The quantitative estimate of drug-likeness (QED) is 0.845. The van der Waals surface area contributed by atoms with E-state index in [1.54, 1.807) is 0 Å². The molecular weight excluding hydrogens is 296 g/mol. The number of hydrogen-bond donors (Lipinski definition) is 2. The lowest BCUT2D eigenvalue weighted by Crippen LogP contribution is -2.90. The average Bonchev–Trinajstić information content (AvgIpc) is 2.54. The highest BCUT2D eigenvalue weighted by Gasteiger charge is 2.15. The molecule has 0 aromatic heterocycles. The lowest BCUT2D eigenvalue weighted by atomic mass is 10.1. The largest absolute Gasteiger partial charge is 0.333 e. The summed E-state index contributed by atoms with van der Waals surface area (Å²) in [7, 11) is 0. The van der Waals surface area contributed by atoms with Gasteiger partial charge in [0.05, 0.1) is 0 Å². The summed E-state index contributed by atoms with van der Waals surface area (Å²) in [6, 6.07) is 15.5. The van der Waals surface area contributed by atoms with Gasteiger partial charge in [-0.1, -0.05) is 42.8 Å². The van der Waals surface area contributed by atoms with Crippen molar-refractivity contribution in [3.63, 3.8) is 0 Å². The smallest absolute Gasteiger partial charge is 0.282 e. The lowest BCUT2D eigenvalue weighted by molar-refractivity contribution is -0.688. The number of nitrogens with two attached hydrogens (primary N) is 1. The molecule has 4 heteroatoms. The van der Waals surface area contributed by atoms with Crippen molar-refractivity contribution in [1.29, 1.82) is 0 Å². The van der Waals surface area contributed by atoms with Crippen LogP contribution < -0.4 is 10.6 Å². The Morgan fingerprint density at radius 3 is 2.27 bits per heavy atom. The zero-order valence-corrected chi connectivity index (χ0v) is 13.7. The van der Waals surface area contributed by atoms with E-state index in [0.29, 0.717) is 0 Å². The fraction of sp³-hybridized carbons (Fsp3) is 0.278. The SMILES string of the molecule is CCc1ccc(NC(=O)[C@H](C)[NH2+]Cc2ccc(Cl)cc2)cc1. The van der Waals surface area contributed by atoms with Gasteiger partial charge >= 0.3 is 0 Å². The number of rotatable bonds is 6. The summed E-state index contributed by atoms with van der Waals surface area (Å²) < 4.78 is 0. The van der Waals surface area contributed by atoms with Gasteiger partial charge in [-0.3, -0.25) is 4.79 Å². The summed E-state index contributed by atoms with van der Waals surface area (Å²) in [5.41, 5.74) is 3.26. The molecule has 0 aliphatic rings. The molecule has 1 atom stereocenters. The van der Waals surface area contributed by atoms with Crippen LogP contribution in [0.3, 0.4) is 0 Å². The van der Waals surface area contributed by atoms with Crippen molar-refractivity contribution >= 4 is 23.2 Å². The number of amides is 1. The van der Waals surface area contributed by atoms with Crippen LogP contribution in [0.25, 0.3) is 0 Å². The fourth-order valence-electron chi connectivity index (χ4n) is 2.12. The normalized spacial score (nSPS) is 12.0. The molecule has 2 aromatic rings. The van der Waals surface area contributed by atoms with Crippen LogP contribution in [0.1, 0.15) is 25.0 Å². The Labute approximate surface area is 136 Å². The molecule has 0 heterocycles. The highest BCUT2D eigenvalue weighted by Crippen LogP contribution is 2.10. The van der Waals surface area contributed by atoms with Crippen molar-refractivity contribution < 1.29 is 10.1 Å². The second kappa shape index (κ2) is 7.97.